The van der Waals surface area contributed by atoms with E-state index in [4.69, 9.17) is 5.73 Å². The Morgan fingerprint density at radius 1 is 1.30 bits per heavy atom. The summed E-state index contributed by atoms with van der Waals surface area (Å²) in [5, 5.41) is 22.7. The minimum atomic E-state index is -1.05. The van der Waals surface area contributed by atoms with Crippen LogP contribution in [0, 0.1) is 11.8 Å². The summed E-state index contributed by atoms with van der Waals surface area (Å²) in [6, 6.07) is 3.41. The molecule has 4 bridgehead atoms. The van der Waals surface area contributed by atoms with E-state index in [0.717, 1.165) is 18.7 Å². The van der Waals surface area contributed by atoms with Gasteiger partial charge < -0.3 is 15.9 Å². The molecular formula is C21H26N2O4. The lowest BCUT2D eigenvalue weighted by atomic mass is 9.59. The van der Waals surface area contributed by atoms with Crippen molar-refractivity contribution in [1.29, 1.82) is 0 Å². The molecule has 1 heterocycles. The van der Waals surface area contributed by atoms with Gasteiger partial charge in [-0.1, -0.05) is 6.07 Å². The molecule has 4 aliphatic rings. The summed E-state index contributed by atoms with van der Waals surface area (Å²) in [6.45, 7) is 1.74. The van der Waals surface area contributed by atoms with Gasteiger partial charge >= 0.3 is 0 Å². The number of aliphatic hydroxyl groups is 1. The van der Waals surface area contributed by atoms with E-state index >= 15 is 0 Å². The number of nitrogens with zero attached hydrogens (tertiary/aromatic N) is 1. The molecule has 1 amide bonds. The molecule has 1 aromatic carbocycles. The van der Waals surface area contributed by atoms with Gasteiger partial charge in [0.2, 0.25) is 0 Å². The zero-order valence-electron chi connectivity index (χ0n) is 15.4. The molecule has 1 aromatic rings. The molecule has 6 nitrogen and oxygen atoms in total. The number of amides is 1. The van der Waals surface area contributed by atoms with E-state index in [1.54, 1.807) is 6.07 Å². The zero-order valence-corrected chi connectivity index (χ0v) is 15.4. The minimum absolute atomic E-state index is 0.0448. The molecule has 5 rings (SSSR count). The topological polar surface area (TPSA) is 104 Å². The quantitative estimate of drug-likeness (QED) is 0.745. The highest BCUT2D eigenvalue weighted by atomic mass is 16.3. The maximum absolute atomic E-state index is 12.4. The lowest BCUT2D eigenvalue weighted by Crippen LogP contribution is -2.66. The van der Waals surface area contributed by atoms with Crippen molar-refractivity contribution in [2.75, 3.05) is 13.1 Å². The zero-order chi connectivity index (χ0) is 18.9. The van der Waals surface area contributed by atoms with Crippen LogP contribution >= 0.6 is 0 Å². The second kappa shape index (κ2) is 5.79. The van der Waals surface area contributed by atoms with E-state index in [0.29, 0.717) is 37.2 Å². The Morgan fingerprint density at radius 2 is 2.07 bits per heavy atom. The summed E-state index contributed by atoms with van der Waals surface area (Å²) < 4.78 is 0. The molecule has 0 spiro atoms. The number of phenols is 1. The number of piperidine rings is 1. The largest absolute Gasteiger partial charge is 0.507 e. The van der Waals surface area contributed by atoms with Gasteiger partial charge in [-0.15, -0.1) is 0 Å². The van der Waals surface area contributed by atoms with Crippen molar-refractivity contribution in [1.82, 2.24) is 4.90 Å². The highest BCUT2D eigenvalue weighted by Crippen LogP contribution is 2.56. The third kappa shape index (κ3) is 2.53. The number of hydrogen-bond donors (Lipinski definition) is 3. The monoisotopic (exact) mass is 370 g/mol. The molecule has 27 heavy (non-hydrogen) atoms. The Morgan fingerprint density at radius 3 is 2.78 bits per heavy atom. The van der Waals surface area contributed by atoms with Crippen LogP contribution in [-0.4, -0.2) is 51.5 Å². The first-order valence-corrected chi connectivity index (χ1v) is 10.0. The van der Waals surface area contributed by atoms with Gasteiger partial charge in [-0.3, -0.25) is 14.5 Å². The number of primary amides is 1. The first-order chi connectivity index (χ1) is 12.9. The van der Waals surface area contributed by atoms with Crippen molar-refractivity contribution in [2.45, 2.75) is 56.1 Å². The fourth-order valence-electron chi connectivity index (χ4n) is 5.91. The molecule has 0 radical (unpaired) electrons. The van der Waals surface area contributed by atoms with E-state index in [2.05, 4.69) is 4.90 Å². The second-order valence-corrected chi connectivity index (χ2v) is 8.99. The van der Waals surface area contributed by atoms with Crippen LogP contribution in [-0.2, 0) is 11.2 Å². The molecule has 1 saturated heterocycles. The number of aromatic hydroxyl groups is 1. The van der Waals surface area contributed by atoms with Gasteiger partial charge in [0.25, 0.3) is 5.91 Å². The first-order valence-electron chi connectivity index (χ1n) is 10.0. The van der Waals surface area contributed by atoms with E-state index < -0.39 is 11.5 Å². The van der Waals surface area contributed by atoms with Gasteiger partial charge in [-0.2, -0.15) is 0 Å². The molecule has 4 atom stereocenters. The van der Waals surface area contributed by atoms with E-state index in [9.17, 15) is 19.8 Å². The van der Waals surface area contributed by atoms with E-state index in [-0.39, 0.29) is 35.0 Å². The maximum Gasteiger partial charge on any atom is 0.252 e. The molecule has 6 heteroatoms. The molecule has 3 fully saturated rings. The highest BCUT2D eigenvalue weighted by molar-refractivity contribution is 5.96. The van der Waals surface area contributed by atoms with Crippen LogP contribution in [0.25, 0.3) is 0 Å². The summed E-state index contributed by atoms with van der Waals surface area (Å²) in [7, 11) is 0. The number of Topliss-reactive ketones (excluding diaryl/α,β-unsaturated/α-hetero) is 1. The molecule has 3 aliphatic carbocycles. The lowest BCUT2D eigenvalue weighted by Gasteiger charge is -2.57. The Labute approximate surface area is 158 Å². The van der Waals surface area contributed by atoms with Gasteiger partial charge in [0.15, 0.2) is 0 Å². The SMILES string of the molecule is NC(=O)c1ccc2c(c1O)[C@@H]1C3CC(=O)CC[C@@]1(O)[C@@H](C2)N(CC1CC1)C3. The normalized spacial score (nSPS) is 35.4. The van der Waals surface area contributed by atoms with Crippen LogP contribution in [0.1, 0.15) is 59.5 Å². The van der Waals surface area contributed by atoms with Gasteiger partial charge in [0, 0.05) is 43.5 Å². The molecule has 4 N–H and O–H groups in total. The van der Waals surface area contributed by atoms with Crippen molar-refractivity contribution in [3.8, 4) is 5.75 Å². The predicted octanol–water partition coefficient (Wildman–Crippen LogP) is 1.33. The second-order valence-electron chi connectivity index (χ2n) is 8.99. The number of benzene rings is 1. The number of likely N-dealkylation sites (tertiary alicyclic amines) is 1. The van der Waals surface area contributed by atoms with Crippen LogP contribution in [0.15, 0.2) is 12.1 Å². The van der Waals surface area contributed by atoms with Gasteiger partial charge in [-0.05, 0) is 49.1 Å². The van der Waals surface area contributed by atoms with Crippen LogP contribution < -0.4 is 5.73 Å². The highest BCUT2D eigenvalue weighted by Gasteiger charge is 2.59. The molecule has 2 saturated carbocycles. The fraction of sp³-hybridized carbons (Fsp3) is 0.619. The number of carbonyl (C=O) groups excluding carboxylic acids is 2. The van der Waals surface area contributed by atoms with Crippen LogP contribution in [0.3, 0.4) is 0 Å². The Balaban J connectivity index is 1.67. The Bertz CT molecular complexity index is 834. The molecule has 1 aliphatic heterocycles. The standard InChI is InChI=1S/C21H26N2O4/c22-20(26)15-4-3-12-8-16-21(27)6-5-14(24)7-13(18(21)17(12)19(15)25)10-23(16)9-11-1-2-11/h3-4,11,13,16,18,25,27H,1-2,5-10H2,(H2,22,26)/t13?,16-,18+,21-/m1/s1. The third-order valence-corrected chi connectivity index (χ3v) is 7.28. The molecule has 144 valence electrons. The first kappa shape index (κ1) is 17.2. The van der Waals surface area contributed by atoms with Crippen molar-refractivity contribution in [3.05, 3.63) is 28.8 Å². The summed E-state index contributed by atoms with van der Waals surface area (Å²) in [5.41, 5.74) is 6.10. The smallest absolute Gasteiger partial charge is 0.252 e. The molecule has 1 unspecified atom stereocenters. The fourth-order valence-corrected chi connectivity index (χ4v) is 5.91. The number of carbonyl (C=O) groups is 2. The molecule has 0 aromatic heterocycles. The number of rotatable bonds is 3. The summed E-state index contributed by atoms with van der Waals surface area (Å²) in [6.07, 6.45) is 4.33. The Kier molecular flexibility index (Phi) is 3.69. The maximum atomic E-state index is 12.4. The van der Waals surface area contributed by atoms with Crippen molar-refractivity contribution < 1.29 is 19.8 Å². The number of ketones is 1. The average Bonchev–Trinajstić information content (AvgIpc) is 3.41. The predicted molar refractivity (Wildman–Crippen MR) is 98.5 cm³/mol. The van der Waals surface area contributed by atoms with Crippen molar-refractivity contribution in [2.24, 2.45) is 17.6 Å². The lowest BCUT2D eigenvalue weighted by molar-refractivity contribution is -0.126. The van der Waals surface area contributed by atoms with Gasteiger partial charge in [-0.25, -0.2) is 0 Å². The summed E-state index contributed by atoms with van der Waals surface area (Å²) in [5.74, 6) is -0.260. The van der Waals surface area contributed by atoms with Crippen molar-refractivity contribution >= 4 is 11.7 Å². The summed E-state index contributed by atoms with van der Waals surface area (Å²) >= 11 is 0. The van der Waals surface area contributed by atoms with Gasteiger partial charge in [0.1, 0.15) is 11.5 Å². The number of nitrogens with two attached hydrogens (primary N) is 1. The van der Waals surface area contributed by atoms with Crippen molar-refractivity contribution in [3.63, 3.8) is 0 Å². The molecular weight excluding hydrogens is 344 g/mol. The van der Waals surface area contributed by atoms with E-state index in [1.807, 2.05) is 6.07 Å². The van der Waals surface area contributed by atoms with Gasteiger partial charge in [0.05, 0.1) is 11.2 Å². The summed E-state index contributed by atoms with van der Waals surface area (Å²) in [4.78, 5) is 26.6. The minimum Gasteiger partial charge on any atom is -0.507 e. The van der Waals surface area contributed by atoms with Crippen LogP contribution in [0.4, 0.5) is 0 Å². The van der Waals surface area contributed by atoms with Crippen LogP contribution in [0.2, 0.25) is 0 Å². The van der Waals surface area contributed by atoms with Crippen LogP contribution in [0.5, 0.6) is 5.75 Å². The van der Waals surface area contributed by atoms with E-state index in [1.165, 1.54) is 12.8 Å². The number of hydrogen-bond acceptors (Lipinski definition) is 5. The average molecular weight is 370 g/mol. The Hall–Kier alpha value is -1.92. The third-order valence-electron chi connectivity index (χ3n) is 7.28. The number of fused-ring (bicyclic) bond motifs is 1.